The Morgan fingerprint density at radius 3 is 2.07 bits per heavy atom. The number of hydrogen-bond donors (Lipinski definition) is 0. The summed E-state index contributed by atoms with van der Waals surface area (Å²) in [6, 6.07) is 0. The predicted molar refractivity (Wildman–Crippen MR) is 62.8 cm³/mol. The van der Waals surface area contributed by atoms with Crippen LogP contribution in [0.2, 0.25) is 0 Å². The molecule has 0 aromatic carbocycles. The lowest BCUT2D eigenvalue weighted by atomic mass is 10.1. The predicted octanol–water partition coefficient (Wildman–Crippen LogP) is 2.23. The van der Waals surface area contributed by atoms with Crippen LogP contribution in [0.5, 0.6) is 0 Å². The molecule has 0 rings (SSSR count). The summed E-state index contributed by atoms with van der Waals surface area (Å²) in [5.41, 5.74) is 1.83. The van der Waals surface area contributed by atoms with Gasteiger partial charge in [0.2, 0.25) is 0 Å². The highest BCUT2D eigenvalue weighted by atomic mass is 16.5. The Morgan fingerprint density at radius 2 is 1.67 bits per heavy atom. The molecule has 0 aromatic rings. The zero-order valence-corrected chi connectivity index (χ0v) is 10.6. The molecule has 15 heavy (non-hydrogen) atoms. The normalized spacial score (nSPS) is 12.7. The molecular weight excluding hydrogens is 190 g/mol. The van der Waals surface area contributed by atoms with E-state index >= 15 is 0 Å². The second-order valence-corrected chi connectivity index (χ2v) is 3.59. The third kappa shape index (κ3) is 4.98. The fourth-order valence-electron chi connectivity index (χ4n) is 1.31. The Hall–Kier alpha value is -0.830. The minimum Gasteiger partial charge on any atom is -0.463 e. The second-order valence-electron chi connectivity index (χ2n) is 3.59. The lowest BCUT2D eigenvalue weighted by Crippen LogP contribution is -2.25. The first-order valence-electron chi connectivity index (χ1n) is 5.62. The Kier molecular flexibility index (Phi) is 7.05. The molecule has 0 aromatic heterocycles. The van der Waals surface area contributed by atoms with Crippen LogP contribution in [0.3, 0.4) is 0 Å². The first-order valence-corrected chi connectivity index (χ1v) is 5.62. The molecule has 3 heteroatoms. The van der Waals surface area contributed by atoms with Crippen molar-refractivity contribution in [3.05, 3.63) is 11.1 Å². The highest BCUT2D eigenvalue weighted by Crippen LogP contribution is 2.07. The maximum Gasteiger partial charge on any atom is 0.333 e. The summed E-state index contributed by atoms with van der Waals surface area (Å²) in [6.45, 7) is 13.2. The molecule has 0 amide bonds. The number of carbonyl (C=O) groups is 1. The van der Waals surface area contributed by atoms with Gasteiger partial charge in [-0.15, -0.1) is 0 Å². The molecule has 0 aliphatic heterocycles. The van der Waals surface area contributed by atoms with E-state index < -0.39 is 0 Å². The zero-order chi connectivity index (χ0) is 11.8. The standard InChI is InChI=1S/C12H23NO2/c1-6-13(7-2)9-10(4)11(5)12(14)15-8-3/h6-9H2,1-5H3/b11-10+. The molecule has 0 heterocycles. The minimum atomic E-state index is -0.192. The van der Waals surface area contributed by atoms with Gasteiger partial charge in [0.15, 0.2) is 0 Å². The summed E-state index contributed by atoms with van der Waals surface area (Å²) in [5.74, 6) is -0.192. The van der Waals surface area contributed by atoms with Crippen LogP contribution < -0.4 is 0 Å². The average Bonchev–Trinajstić information content (AvgIpc) is 2.24. The van der Waals surface area contributed by atoms with E-state index in [0.717, 1.165) is 30.8 Å². The van der Waals surface area contributed by atoms with Crippen LogP contribution in [0.4, 0.5) is 0 Å². The molecule has 0 saturated carbocycles. The van der Waals surface area contributed by atoms with Crippen molar-refractivity contribution in [3.63, 3.8) is 0 Å². The number of carbonyl (C=O) groups excluding carboxylic acids is 1. The summed E-state index contributed by atoms with van der Waals surface area (Å²) < 4.78 is 4.96. The Balaban J connectivity index is 4.42. The van der Waals surface area contributed by atoms with Gasteiger partial charge >= 0.3 is 5.97 Å². The molecule has 3 nitrogen and oxygen atoms in total. The first-order chi connectivity index (χ1) is 7.06. The van der Waals surface area contributed by atoms with Gasteiger partial charge in [-0.25, -0.2) is 4.79 Å². The van der Waals surface area contributed by atoms with E-state index in [-0.39, 0.29) is 5.97 Å². The van der Waals surface area contributed by atoms with E-state index in [2.05, 4.69) is 18.7 Å². The van der Waals surface area contributed by atoms with Gasteiger partial charge in [-0.2, -0.15) is 0 Å². The molecule has 88 valence electrons. The molecule has 0 spiro atoms. The van der Waals surface area contributed by atoms with Crippen molar-refractivity contribution in [1.82, 2.24) is 4.90 Å². The highest BCUT2D eigenvalue weighted by Gasteiger charge is 2.10. The van der Waals surface area contributed by atoms with E-state index in [1.807, 2.05) is 20.8 Å². The van der Waals surface area contributed by atoms with Gasteiger partial charge in [0, 0.05) is 12.1 Å². The molecule has 0 aliphatic rings. The van der Waals surface area contributed by atoms with Crippen LogP contribution in [-0.4, -0.2) is 37.1 Å². The van der Waals surface area contributed by atoms with Crippen LogP contribution in [0.1, 0.15) is 34.6 Å². The summed E-state index contributed by atoms with van der Waals surface area (Å²) in [6.07, 6.45) is 0. The van der Waals surface area contributed by atoms with Crippen molar-refractivity contribution in [3.8, 4) is 0 Å². The van der Waals surface area contributed by atoms with Crippen molar-refractivity contribution in [1.29, 1.82) is 0 Å². The summed E-state index contributed by atoms with van der Waals surface area (Å²) >= 11 is 0. The van der Waals surface area contributed by atoms with Gasteiger partial charge in [-0.05, 0) is 39.4 Å². The third-order valence-electron chi connectivity index (χ3n) is 2.58. The third-order valence-corrected chi connectivity index (χ3v) is 2.58. The van der Waals surface area contributed by atoms with E-state index in [1.165, 1.54) is 0 Å². The molecule has 0 fully saturated rings. The maximum absolute atomic E-state index is 11.4. The zero-order valence-electron chi connectivity index (χ0n) is 10.6. The summed E-state index contributed by atoms with van der Waals surface area (Å²) in [7, 11) is 0. The summed E-state index contributed by atoms with van der Waals surface area (Å²) in [5, 5.41) is 0. The number of likely N-dealkylation sites (N-methyl/N-ethyl adjacent to an activating group) is 1. The second kappa shape index (κ2) is 7.46. The average molecular weight is 213 g/mol. The van der Waals surface area contributed by atoms with Gasteiger partial charge in [0.1, 0.15) is 0 Å². The van der Waals surface area contributed by atoms with Crippen LogP contribution in [0.25, 0.3) is 0 Å². The van der Waals surface area contributed by atoms with Crippen LogP contribution in [-0.2, 0) is 9.53 Å². The van der Waals surface area contributed by atoms with Crippen LogP contribution in [0, 0.1) is 0 Å². The lowest BCUT2D eigenvalue weighted by molar-refractivity contribution is -0.138. The Labute approximate surface area is 93.1 Å². The molecule has 0 radical (unpaired) electrons. The Bertz CT molecular complexity index is 230. The van der Waals surface area contributed by atoms with Gasteiger partial charge in [-0.1, -0.05) is 13.8 Å². The number of esters is 1. The molecule has 0 unspecified atom stereocenters. The number of ether oxygens (including phenoxy) is 1. The maximum atomic E-state index is 11.4. The van der Waals surface area contributed by atoms with E-state index in [9.17, 15) is 4.79 Å². The molecule has 0 saturated heterocycles. The van der Waals surface area contributed by atoms with Crippen LogP contribution in [0.15, 0.2) is 11.1 Å². The highest BCUT2D eigenvalue weighted by molar-refractivity contribution is 5.88. The fraction of sp³-hybridized carbons (Fsp3) is 0.750. The van der Waals surface area contributed by atoms with Crippen molar-refractivity contribution in [2.45, 2.75) is 34.6 Å². The topological polar surface area (TPSA) is 29.5 Å². The first kappa shape index (κ1) is 14.2. The molecule has 0 aliphatic carbocycles. The van der Waals surface area contributed by atoms with Crippen LogP contribution >= 0.6 is 0 Å². The van der Waals surface area contributed by atoms with E-state index in [4.69, 9.17) is 4.74 Å². The van der Waals surface area contributed by atoms with Gasteiger partial charge in [0.05, 0.1) is 6.61 Å². The molecule has 0 atom stereocenters. The smallest absolute Gasteiger partial charge is 0.333 e. The molecular formula is C12H23NO2. The van der Waals surface area contributed by atoms with E-state index in [0.29, 0.717) is 6.61 Å². The monoisotopic (exact) mass is 213 g/mol. The molecule has 0 N–H and O–H groups in total. The van der Waals surface area contributed by atoms with Gasteiger partial charge in [0.25, 0.3) is 0 Å². The van der Waals surface area contributed by atoms with Gasteiger partial charge < -0.3 is 4.74 Å². The number of nitrogens with zero attached hydrogens (tertiary/aromatic N) is 1. The van der Waals surface area contributed by atoms with Crippen molar-refractivity contribution < 1.29 is 9.53 Å². The summed E-state index contributed by atoms with van der Waals surface area (Å²) in [4.78, 5) is 13.7. The van der Waals surface area contributed by atoms with Gasteiger partial charge in [-0.3, -0.25) is 4.90 Å². The number of hydrogen-bond acceptors (Lipinski definition) is 3. The van der Waals surface area contributed by atoms with Crippen molar-refractivity contribution in [2.24, 2.45) is 0 Å². The largest absolute Gasteiger partial charge is 0.463 e. The number of rotatable bonds is 6. The fourth-order valence-corrected chi connectivity index (χ4v) is 1.31. The van der Waals surface area contributed by atoms with E-state index in [1.54, 1.807) is 0 Å². The lowest BCUT2D eigenvalue weighted by Gasteiger charge is -2.19. The Morgan fingerprint density at radius 1 is 1.13 bits per heavy atom. The minimum absolute atomic E-state index is 0.192. The van der Waals surface area contributed by atoms with Crippen molar-refractivity contribution in [2.75, 3.05) is 26.2 Å². The SMILES string of the molecule is CCOC(=O)/C(C)=C(\C)CN(CC)CC. The quantitative estimate of drug-likeness (QED) is 0.500. The molecule has 0 bridgehead atoms. The van der Waals surface area contributed by atoms with Crippen molar-refractivity contribution >= 4 is 5.97 Å².